The Morgan fingerprint density at radius 3 is 2.19 bits per heavy atom. The van der Waals surface area contributed by atoms with Crippen LogP contribution in [0.3, 0.4) is 0 Å². The second kappa shape index (κ2) is 8.87. The van der Waals surface area contributed by atoms with Crippen LogP contribution in [0.2, 0.25) is 0 Å². The first-order chi connectivity index (χ1) is 13.0. The van der Waals surface area contributed by atoms with Gasteiger partial charge in [0.15, 0.2) is 5.78 Å². The molecule has 0 radical (unpaired) electrons. The third kappa shape index (κ3) is 5.20. The van der Waals surface area contributed by atoms with Gasteiger partial charge in [0, 0.05) is 22.1 Å². The fourth-order valence-corrected chi connectivity index (χ4v) is 3.14. The number of nitrogens with one attached hydrogen (secondary N) is 1. The second-order valence-electron chi connectivity index (χ2n) is 6.47. The summed E-state index contributed by atoms with van der Waals surface area (Å²) in [5.74, 6) is 0.917. The Kier molecular flexibility index (Phi) is 6.30. The number of carbonyl (C=O) groups is 1. The molecule has 3 aromatic rings. The molecule has 0 aliphatic heterocycles. The van der Waals surface area contributed by atoms with Crippen molar-refractivity contribution in [1.82, 2.24) is 0 Å². The zero-order valence-corrected chi connectivity index (χ0v) is 17.0. The first kappa shape index (κ1) is 19.2. The quantitative estimate of drug-likeness (QED) is 0.460. The molecule has 0 spiro atoms. The van der Waals surface area contributed by atoms with Gasteiger partial charge >= 0.3 is 0 Å². The molecule has 3 nitrogen and oxygen atoms in total. The number of methoxy groups -OCH3 is 1. The number of carbonyl (C=O) groups excluding carboxylic acids is 1. The molecule has 4 heteroatoms. The van der Waals surface area contributed by atoms with E-state index in [1.165, 1.54) is 0 Å². The van der Waals surface area contributed by atoms with E-state index in [0.717, 1.165) is 32.6 Å². The summed E-state index contributed by atoms with van der Waals surface area (Å²) < 4.78 is 6.23. The van der Waals surface area contributed by atoms with E-state index in [4.69, 9.17) is 4.74 Å². The zero-order chi connectivity index (χ0) is 19.2. The van der Waals surface area contributed by atoms with E-state index in [0.29, 0.717) is 6.42 Å². The summed E-state index contributed by atoms with van der Waals surface area (Å²) in [5.41, 5.74) is 3.89. The van der Waals surface area contributed by atoms with Crippen molar-refractivity contribution in [3.05, 3.63) is 94.0 Å². The number of benzene rings is 3. The van der Waals surface area contributed by atoms with Crippen molar-refractivity contribution in [2.24, 2.45) is 0 Å². The number of hydrogen-bond acceptors (Lipinski definition) is 3. The Bertz CT molecular complexity index is 887. The molecule has 1 unspecified atom stereocenters. The topological polar surface area (TPSA) is 38.3 Å². The fourth-order valence-electron chi connectivity index (χ4n) is 2.88. The first-order valence-corrected chi connectivity index (χ1v) is 9.60. The van der Waals surface area contributed by atoms with Gasteiger partial charge in [-0.1, -0.05) is 57.9 Å². The van der Waals surface area contributed by atoms with Crippen LogP contribution in [0.15, 0.2) is 77.3 Å². The molecule has 3 aromatic carbocycles. The molecule has 1 N–H and O–H groups in total. The Labute approximate surface area is 168 Å². The van der Waals surface area contributed by atoms with Gasteiger partial charge in [0.1, 0.15) is 5.75 Å². The highest BCUT2D eigenvalue weighted by Crippen LogP contribution is 2.27. The van der Waals surface area contributed by atoms with Crippen LogP contribution in [0.5, 0.6) is 5.75 Å². The number of rotatable bonds is 7. The molecule has 27 heavy (non-hydrogen) atoms. The fraction of sp³-hybridized carbons (Fsp3) is 0.174. The SMILES string of the molecule is COc1ccc(NC(CC(=O)c2ccc(C)cc2)c2ccc(Br)cc2)cc1. The predicted octanol–water partition coefficient (Wildman–Crippen LogP) is 6.19. The third-order valence-electron chi connectivity index (χ3n) is 4.47. The smallest absolute Gasteiger partial charge is 0.165 e. The lowest BCUT2D eigenvalue weighted by Gasteiger charge is -2.20. The monoisotopic (exact) mass is 423 g/mol. The number of ether oxygens (including phenoxy) is 1. The van der Waals surface area contributed by atoms with Crippen molar-refractivity contribution < 1.29 is 9.53 Å². The van der Waals surface area contributed by atoms with Crippen molar-refractivity contribution in [3.8, 4) is 5.75 Å². The average Bonchev–Trinajstić information content (AvgIpc) is 2.69. The molecule has 0 heterocycles. The molecule has 0 amide bonds. The second-order valence-corrected chi connectivity index (χ2v) is 7.39. The van der Waals surface area contributed by atoms with Crippen LogP contribution in [0.4, 0.5) is 5.69 Å². The highest BCUT2D eigenvalue weighted by atomic mass is 79.9. The van der Waals surface area contributed by atoms with Gasteiger partial charge in [0.2, 0.25) is 0 Å². The van der Waals surface area contributed by atoms with Gasteiger partial charge < -0.3 is 10.1 Å². The summed E-state index contributed by atoms with van der Waals surface area (Å²) in [4.78, 5) is 12.8. The maximum absolute atomic E-state index is 12.8. The lowest BCUT2D eigenvalue weighted by atomic mass is 9.97. The number of hydrogen-bond donors (Lipinski definition) is 1. The number of halogens is 1. The van der Waals surface area contributed by atoms with E-state index in [9.17, 15) is 4.79 Å². The van der Waals surface area contributed by atoms with Gasteiger partial charge in [-0.05, 0) is 48.9 Å². The van der Waals surface area contributed by atoms with Gasteiger partial charge in [-0.25, -0.2) is 0 Å². The third-order valence-corrected chi connectivity index (χ3v) is 5.00. The van der Waals surface area contributed by atoms with Gasteiger partial charge in [0.25, 0.3) is 0 Å². The molecular weight excluding hydrogens is 402 g/mol. The van der Waals surface area contributed by atoms with E-state index >= 15 is 0 Å². The molecular formula is C23H22BrNO2. The van der Waals surface area contributed by atoms with Crippen LogP contribution >= 0.6 is 15.9 Å². The van der Waals surface area contributed by atoms with E-state index in [1.54, 1.807) is 7.11 Å². The summed E-state index contributed by atoms with van der Waals surface area (Å²) in [7, 11) is 1.65. The lowest BCUT2D eigenvalue weighted by Crippen LogP contribution is -2.16. The van der Waals surface area contributed by atoms with E-state index in [1.807, 2.05) is 79.7 Å². The highest BCUT2D eigenvalue weighted by molar-refractivity contribution is 9.10. The molecule has 0 saturated carbocycles. The highest BCUT2D eigenvalue weighted by Gasteiger charge is 2.17. The van der Waals surface area contributed by atoms with Crippen molar-refractivity contribution in [3.63, 3.8) is 0 Å². The first-order valence-electron chi connectivity index (χ1n) is 8.81. The normalized spacial score (nSPS) is 11.7. The minimum Gasteiger partial charge on any atom is -0.497 e. The zero-order valence-electron chi connectivity index (χ0n) is 15.4. The molecule has 0 aliphatic carbocycles. The maximum Gasteiger partial charge on any atom is 0.165 e. The molecule has 0 aromatic heterocycles. The number of ketones is 1. The predicted molar refractivity (Wildman–Crippen MR) is 114 cm³/mol. The Morgan fingerprint density at radius 2 is 1.59 bits per heavy atom. The Morgan fingerprint density at radius 1 is 0.963 bits per heavy atom. The molecule has 0 bridgehead atoms. The molecule has 3 rings (SSSR count). The minimum absolute atomic E-state index is 0.115. The summed E-state index contributed by atoms with van der Waals surface area (Å²) in [6.07, 6.45) is 0.372. The molecule has 0 aliphatic rings. The van der Waals surface area contributed by atoms with Crippen LogP contribution in [-0.2, 0) is 0 Å². The van der Waals surface area contributed by atoms with Crippen molar-refractivity contribution in [1.29, 1.82) is 0 Å². The average molecular weight is 424 g/mol. The van der Waals surface area contributed by atoms with Gasteiger partial charge in [-0.2, -0.15) is 0 Å². The van der Waals surface area contributed by atoms with Gasteiger partial charge in [-0.15, -0.1) is 0 Å². The summed E-state index contributed by atoms with van der Waals surface area (Å²) >= 11 is 3.47. The minimum atomic E-state index is -0.125. The van der Waals surface area contributed by atoms with Crippen LogP contribution < -0.4 is 10.1 Å². The Hall–Kier alpha value is -2.59. The van der Waals surface area contributed by atoms with Crippen LogP contribution in [-0.4, -0.2) is 12.9 Å². The summed E-state index contributed by atoms with van der Waals surface area (Å²) in [5, 5.41) is 3.49. The molecule has 138 valence electrons. The molecule has 1 atom stereocenters. The van der Waals surface area contributed by atoms with E-state index in [2.05, 4.69) is 21.2 Å². The largest absolute Gasteiger partial charge is 0.497 e. The number of anilines is 1. The summed E-state index contributed by atoms with van der Waals surface area (Å²) in [6, 6.07) is 23.4. The lowest BCUT2D eigenvalue weighted by molar-refractivity contribution is 0.0976. The number of Topliss-reactive ketones (excluding diaryl/α,β-unsaturated/α-hetero) is 1. The van der Waals surface area contributed by atoms with E-state index < -0.39 is 0 Å². The van der Waals surface area contributed by atoms with Crippen LogP contribution in [0, 0.1) is 6.92 Å². The number of aryl methyl sites for hydroxylation is 1. The summed E-state index contributed by atoms with van der Waals surface area (Å²) in [6.45, 7) is 2.02. The van der Waals surface area contributed by atoms with Crippen LogP contribution in [0.1, 0.15) is 33.9 Å². The standard InChI is InChI=1S/C23H22BrNO2/c1-16-3-5-18(6-4-16)23(26)15-22(17-7-9-19(24)10-8-17)25-20-11-13-21(27-2)14-12-20/h3-14,22,25H,15H2,1-2H3. The molecule has 0 fully saturated rings. The van der Waals surface area contributed by atoms with Crippen molar-refractivity contribution >= 4 is 27.4 Å². The van der Waals surface area contributed by atoms with Crippen molar-refractivity contribution in [2.75, 3.05) is 12.4 Å². The van der Waals surface area contributed by atoms with Gasteiger partial charge in [-0.3, -0.25) is 4.79 Å². The van der Waals surface area contributed by atoms with Crippen LogP contribution in [0.25, 0.3) is 0 Å². The van der Waals surface area contributed by atoms with E-state index in [-0.39, 0.29) is 11.8 Å². The van der Waals surface area contributed by atoms with Crippen molar-refractivity contribution in [2.45, 2.75) is 19.4 Å². The maximum atomic E-state index is 12.8. The van der Waals surface area contributed by atoms with Gasteiger partial charge in [0.05, 0.1) is 13.2 Å². The Balaban J connectivity index is 1.83. The molecule has 0 saturated heterocycles.